The van der Waals surface area contributed by atoms with Crippen LogP contribution in [0.2, 0.25) is 5.02 Å². The third-order valence-electron chi connectivity index (χ3n) is 3.72. The van der Waals surface area contributed by atoms with Crippen LogP contribution in [0, 0.1) is 10.1 Å². The quantitative estimate of drug-likeness (QED) is 0.526. The normalized spacial score (nSPS) is 12.5. The fourth-order valence-electron chi connectivity index (χ4n) is 2.63. The minimum absolute atomic E-state index is 0.434. The first-order chi connectivity index (χ1) is 12.4. The Hall–Kier alpha value is -2.90. The molecule has 2 aromatic carbocycles. The molecule has 0 bridgehead atoms. The van der Waals surface area contributed by atoms with Gasteiger partial charge in [0.05, 0.1) is 12.9 Å². The summed E-state index contributed by atoms with van der Waals surface area (Å²) in [5, 5.41) is 25.6. The lowest BCUT2D eigenvalue weighted by Gasteiger charge is -2.29. The highest BCUT2D eigenvalue weighted by Crippen LogP contribution is 2.29. The maximum Gasteiger partial charge on any atom is 0.291 e. The van der Waals surface area contributed by atoms with Gasteiger partial charge in [-0.1, -0.05) is 54.1 Å². The summed E-state index contributed by atoms with van der Waals surface area (Å²) in [6, 6.07) is 17.3. The van der Waals surface area contributed by atoms with Gasteiger partial charge in [-0.05, 0) is 23.3 Å². The van der Waals surface area contributed by atoms with E-state index in [1.54, 1.807) is 24.7 Å². The Kier molecular flexibility index (Phi) is 6.71. The monoisotopic (exact) mass is 375 g/mol. The molecule has 0 saturated carbocycles. The predicted molar refractivity (Wildman–Crippen MR) is 96.5 cm³/mol. The molecule has 0 amide bonds. The number of hydrogen-bond donors (Lipinski definition) is 2. The lowest BCUT2D eigenvalue weighted by atomic mass is 9.87. The van der Waals surface area contributed by atoms with Crippen LogP contribution in [0.4, 0.5) is 0 Å². The molecule has 1 atom stereocenters. The largest absolute Gasteiger partial charge is 0.383 e. The first kappa shape index (κ1) is 19.4. The van der Waals surface area contributed by atoms with Crippen molar-refractivity contribution in [2.24, 2.45) is 0 Å². The molecule has 1 heterocycles. The molecule has 1 aromatic heterocycles. The van der Waals surface area contributed by atoms with Crippen molar-refractivity contribution >= 4 is 11.6 Å². The molecule has 26 heavy (non-hydrogen) atoms. The van der Waals surface area contributed by atoms with E-state index < -0.39 is 10.7 Å². The smallest absolute Gasteiger partial charge is 0.291 e. The molecule has 136 valence electrons. The maximum atomic E-state index is 11.3. The van der Waals surface area contributed by atoms with Crippen LogP contribution in [0.15, 0.2) is 73.3 Å². The van der Waals surface area contributed by atoms with Crippen LogP contribution in [0.3, 0.4) is 0 Å². The second-order valence-electron chi connectivity index (χ2n) is 5.67. The van der Waals surface area contributed by atoms with Gasteiger partial charge in [-0.2, -0.15) is 0 Å². The van der Waals surface area contributed by atoms with Crippen molar-refractivity contribution in [2.75, 3.05) is 0 Å². The zero-order valence-corrected chi connectivity index (χ0v) is 14.5. The van der Waals surface area contributed by atoms with Crippen molar-refractivity contribution in [1.29, 1.82) is 0 Å². The summed E-state index contributed by atoms with van der Waals surface area (Å²) >= 11 is 5.97. The van der Waals surface area contributed by atoms with Crippen molar-refractivity contribution in [2.45, 2.75) is 18.6 Å². The summed E-state index contributed by atoms with van der Waals surface area (Å²) in [5.74, 6) is 0. The molecular weight excluding hydrogens is 358 g/mol. The lowest BCUT2D eigenvalue weighted by Crippen LogP contribution is -2.33. The highest BCUT2D eigenvalue weighted by Gasteiger charge is 2.30. The van der Waals surface area contributed by atoms with Gasteiger partial charge in [0.2, 0.25) is 0 Å². The van der Waals surface area contributed by atoms with Gasteiger partial charge < -0.3 is 14.9 Å². The van der Waals surface area contributed by atoms with Gasteiger partial charge in [-0.15, -0.1) is 10.1 Å². The minimum atomic E-state index is -1.50. The summed E-state index contributed by atoms with van der Waals surface area (Å²) in [7, 11) is 0. The topological polar surface area (TPSA) is 101 Å². The molecule has 3 rings (SSSR count). The number of imidazole rings is 1. The Morgan fingerprint density at radius 3 is 2.31 bits per heavy atom. The zero-order chi connectivity index (χ0) is 19.0. The van der Waals surface area contributed by atoms with Crippen LogP contribution < -0.4 is 0 Å². The molecule has 2 N–H and O–H groups in total. The van der Waals surface area contributed by atoms with Crippen molar-refractivity contribution in [1.82, 2.24) is 9.55 Å². The number of halogens is 1. The highest BCUT2D eigenvalue weighted by molar-refractivity contribution is 6.30. The SMILES string of the molecule is O=[N+]([O-])O.OC(Cc1ccccc1)(Cn1ccnc1)c1ccc(Cl)cc1. The molecule has 8 heteroatoms. The van der Waals surface area contributed by atoms with Crippen molar-refractivity contribution in [3.05, 3.63) is 99.6 Å². The molecule has 7 nitrogen and oxygen atoms in total. The van der Waals surface area contributed by atoms with Crippen LogP contribution in [-0.4, -0.2) is 25.0 Å². The van der Waals surface area contributed by atoms with Gasteiger partial charge in [0.15, 0.2) is 0 Å². The fourth-order valence-corrected chi connectivity index (χ4v) is 2.75. The third-order valence-corrected chi connectivity index (χ3v) is 3.98. The van der Waals surface area contributed by atoms with Crippen molar-refractivity contribution in [3.63, 3.8) is 0 Å². The van der Waals surface area contributed by atoms with Crippen LogP contribution >= 0.6 is 11.6 Å². The van der Waals surface area contributed by atoms with E-state index in [-0.39, 0.29) is 0 Å². The second-order valence-corrected chi connectivity index (χ2v) is 6.11. The predicted octanol–water partition coefficient (Wildman–Crippen LogP) is 3.32. The molecule has 0 radical (unpaired) electrons. The number of rotatable bonds is 5. The van der Waals surface area contributed by atoms with Crippen LogP contribution in [0.1, 0.15) is 11.1 Å². The number of benzene rings is 2. The molecule has 0 aliphatic carbocycles. The summed E-state index contributed by atoms with van der Waals surface area (Å²) in [4.78, 5) is 12.4. The number of aromatic nitrogens is 2. The number of hydrogen-bond acceptors (Lipinski definition) is 4. The van der Waals surface area contributed by atoms with E-state index >= 15 is 0 Å². The molecule has 0 spiro atoms. The van der Waals surface area contributed by atoms with E-state index in [4.69, 9.17) is 26.9 Å². The Balaban J connectivity index is 0.000000552. The van der Waals surface area contributed by atoms with Crippen LogP contribution in [0.5, 0.6) is 0 Å². The summed E-state index contributed by atoms with van der Waals surface area (Å²) in [6.07, 6.45) is 5.80. The van der Waals surface area contributed by atoms with Crippen LogP contribution in [0.25, 0.3) is 0 Å². The lowest BCUT2D eigenvalue weighted by molar-refractivity contribution is -0.742. The fraction of sp³-hybridized carbons (Fsp3) is 0.167. The minimum Gasteiger partial charge on any atom is -0.383 e. The van der Waals surface area contributed by atoms with Gasteiger partial charge in [-0.25, -0.2) is 4.98 Å². The standard InChI is InChI=1S/C18H17ClN2O.HNO3/c19-17-8-6-16(7-9-17)18(22,13-21-11-10-20-14-21)12-15-4-2-1-3-5-15;2-1(3)4/h1-11,14,22H,12-13H2;(H,2,3,4). The molecule has 3 aromatic rings. The molecule has 0 saturated heterocycles. The summed E-state index contributed by atoms with van der Waals surface area (Å²) in [5.41, 5.74) is 0.904. The van der Waals surface area contributed by atoms with Gasteiger partial charge >= 0.3 is 0 Å². The van der Waals surface area contributed by atoms with E-state index in [2.05, 4.69) is 4.98 Å². The van der Waals surface area contributed by atoms with Gasteiger partial charge in [0.1, 0.15) is 5.60 Å². The average Bonchev–Trinajstić information content (AvgIpc) is 3.08. The van der Waals surface area contributed by atoms with E-state index in [0.29, 0.717) is 18.0 Å². The molecule has 0 aliphatic heterocycles. The number of nitrogens with zero attached hydrogens (tertiary/aromatic N) is 3. The first-order valence-corrected chi connectivity index (χ1v) is 8.08. The van der Waals surface area contributed by atoms with Gasteiger partial charge in [0, 0.05) is 23.8 Å². The molecular formula is C18H18ClN3O4. The van der Waals surface area contributed by atoms with E-state index in [9.17, 15) is 5.11 Å². The maximum absolute atomic E-state index is 11.3. The Bertz CT molecular complexity index is 806. The van der Waals surface area contributed by atoms with E-state index in [1.165, 1.54) is 0 Å². The number of aliphatic hydroxyl groups is 1. The zero-order valence-electron chi connectivity index (χ0n) is 13.8. The Labute approximate surface area is 155 Å². The second kappa shape index (κ2) is 8.98. The van der Waals surface area contributed by atoms with E-state index in [0.717, 1.165) is 11.1 Å². The summed E-state index contributed by atoms with van der Waals surface area (Å²) in [6.45, 7) is 0.434. The Morgan fingerprint density at radius 1 is 1.15 bits per heavy atom. The van der Waals surface area contributed by atoms with Gasteiger partial charge in [0.25, 0.3) is 5.09 Å². The molecule has 0 aliphatic rings. The Morgan fingerprint density at radius 2 is 1.77 bits per heavy atom. The summed E-state index contributed by atoms with van der Waals surface area (Å²) < 4.78 is 1.89. The van der Waals surface area contributed by atoms with Crippen molar-refractivity contribution in [3.8, 4) is 0 Å². The highest BCUT2D eigenvalue weighted by atomic mass is 35.5. The molecule has 0 fully saturated rings. The van der Waals surface area contributed by atoms with E-state index in [1.807, 2.05) is 53.2 Å². The van der Waals surface area contributed by atoms with Gasteiger partial charge in [-0.3, -0.25) is 0 Å². The first-order valence-electron chi connectivity index (χ1n) is 7.70. The molecule has 1 unspecified atom stereocenters. The van der Waals surface area contributed by atoms with Crippen molar-refractivity contribution < 1.29 is 15.4 Å². The average molecular weight is 376 g/mol. The van der Waals surface area contributed by atoms with Crippen LogP contribution in [-0.2, 0) is 18.6 Å². The third kappa shape index (κ3) is 5.87.